The van der Waals surface area contributed by atoms with E-state index >= 15 is 0 Å². The van der Waals surface area contributed by atoms with Crippen molar-refractivity contribution in [2.45, 2.75) is 39.4 Å². The Morgan fingerprint density at radius 1 is 1.54 bits per heavy atom. The molecule has 1 unspecified atom stereocenters. The molecule has 13 heavy (non-hydrogen) atoms. The molecule has 0 aromatic carbocycles. The van der Waals surface area contributed by atoms with Crippen LogP contribution in [0, 0.1) is 0 Å². The van der Waals surface area contributed by atoms with Crippen LogP contribution in [0.15, 0.2) is 12.2 Å². The molecule has 3 nitrogen and oxygen atoms in total. The summed E-state index contributed by atoms with van der Waals surface area (Å²) in [5.74, 6) is 1.79. The lowest BCUT2D eigenvalue weighted by molar-refractivity contribution is 0.0842. The van der Waals surface area contributed by atoms with Gasteiger partial charge in [-0.25, -0.2) is 0 Å². The van der Waals surface area contributed by atoms with Crippen LogP contribution in [0.2, 0.25) is 0 Å². The molecule has 0 bridgehead atoms. The Hall–Kier alpha value is -0.475. The van der Waals surface area contributed by atoms with Crippen molar-refractivity contribution < 1.29 is 14.0 Å². The molecule has 0 spiro atoms. The third kappa shape index (κ3) is 2.74. The van der Waals surface area contributed by atoms with E-state index in [1.165, 1.54) is 0 Å². The van der Waals surface area contributed by atoms with Gasteiger partial charge in [0.05, 0.1) is 24.6 Å². The van der Waals surface area contributed by atoms with E-state index in [1.54, 1.807) is 12.2 Å². The van der Waals surface area contributed by atoms with Crippen molar-refractivity contribution in [2.75, 3.05) is 6.61 Å². The maximum absolute atomic E-state index is 5.62. The van der Waals surface area contributed by atoms with Gasteiger partial charge in [-0.15, -0.1) is 0 Å². The Morgan fingerprint density at radius 2 is 2.23 bits per heavy atom. The smallest absolute Gasteiger partial charge is 0.490 e. The standard InChI is InChI=1S/C9H17BO3/c1-5-11-7-6-10-12-8(2)9(3,4)13-10/h6-8H,5H2,1-4H3/b7-6+. The van der Waals surface area contributed by atoms with Gasteiger partial charge in [-0.3, -0.25) is 0 Å². The molecule has 74 valence electrons. The first-order chi connectivity index (χ1) is 6.06. The Labute approximate surface area is 80.2 Å². The predicted molar refractivity (Wildman–Crippen MR) is 52.2 cm³/mol. The second kappa shape index (κ2) is 4.16. The Morgan fingerprint density at radius 3 is 2.69 bits per heavy atom. The van der Waals surface area contributed by atoms with Crippen LogP contribution in [0.3, 0.4) is 0 Å². The van der Waals surface area contributed by atoms with Gasteiger partial charge in [0.25, 0.3) is 0 Å². The second-order valence-corrected chi connectivity index (χ2v) is 3.65. The molecule has 1 saturated heterocycles. The van der Waals surface area contributed by atoms with Crippen LogP contribution in [0.5, 0.6) is 0 Å². The van der Waals surface area contributed by atoms with Crippen LogP contribution < -0.4 is 0 Å². The first-order valence-electron chi connectivity index (χ1n) is 4.68. The molecule has 0 aromatic heterocycles. The first kappa shape index (κ1) is 10.6. The highest BCUT2D eigenvalue weighted by molar-refractivity contribution is 6.51. The van der Waals surface area contributed by atoms with Gasteiger partial charge in [0.15, 0.2) is 0 Å². The van der Waals surface area contributed by atoms with Crippen LogP contribution in [0.1, 0.15) is 27.7 Å². The van der Waals surface area contributed by atoms with Crippen LogP contribution in [0.25, 0.3) is 0 Å². The van der Waals surface area contributed by atoms with Gasteiger partial charge in [0.1, 0.15) is 0 Å². The van der Waals surface area contributed by atoms with Crippen LogP contribution in [-0.2, 0) is 14.0 Å². The molecule has 1 atom stereocenters. The van der Waals surface area contributed by atoms with Crippen molar-refractivity contribution in [3.05, 3.63) is 12.2 Å². The van der Waals surface area contributed by atoms with Crippen molar-refractivity contribution in [2.24, 2.45) is 0 Å². The van der Waals surface area contributed by atoms with Crippen LogP contribution in [0.4, 0.5) is 0 Å². The Kier molecular flexibility index (Phi) is 3.39. The minimum absolute atomic E-state index is 0.115. The molecule has 0 aromatic rings. The van der Waals surface area contributed by atoms with Crippen molar-refractivity contribution in [1.29, 1.82) is 0 Å². The fourth-order valence-corrected chi connectivity index (χ4v) is 1.09. The molecule has 0 saturated carbocycles. The van der Waals surface area contributed by atoms with Gasteiger partial charge in [0.2, 0.25) is 0 Å². The third-order valence-electron chi connectivity index (χ3n) is 2.24. The van der Waals surface area contributed by atoms with Gasteiger partial charge >= 0.3 is 7.12 Å². The molecule has 4 heteroatoms. The van der Waals surface area contributed by atoms with E-state index in [0.717, 1.165) is 0 Å². The molecule has 1 fully saturated rings. The average molecular weight is 184 g/mol. The predicted octanol–water partition coefficient (Wildman–Crippen LogP) is 1.78. The summed E-state index contributed by atoms with van der Waals surface area (Å²) in [5.41, 5.74) is -0.207. The minimum Gasteiger partial charge on any atom is -0.502 e. The highest BCUT2D eigenvalue weighted by atomic mass is 16.7. The van der Waals surface area contributed by atoms with Crippen LogP contribution >= 0.6 is 0 Å². The SMILES string of the molecule is CCO/C=C/B1OC(C)C(C)(C)O1. The summed E-state index contributed by atoms with van der Waals surface area (Å²) in [6.45, 7) is 8.66. The molecule has 1 rings (SSSR count). The van der Waals surface area contributed by atoms with Gasteiger partial charge in [-0.2, -0.15) is 0 Å². The Balaban J connectivity index is 2.40. The summed E-state index contributed by atoms with van der Waals surface area (Å²) in [7, 11) is -0.267. The lowest BCUT2D eigenvalue weighted by Crippen LogP contribution is -2.30. The molecule has 0 radical (unpaired) electrons. The zero-order valence-corrected chi connectivity index (χ0v) is 8.74. The van der Waals surface area contributed by atoms with Gasteiger partial charge < -0.3 is 14.0 Å². The summed E-state index contributed by atoms with van der Waals surface area (Å²) in [5, 5.41) is 0. The van der Waals surface area contributed by atoms with Crippen molar-refractivity contribution in [1.82, 2.24) is 0 Å². The molecule has 0 aliphatic carbocycles. The van der Waals surface area contributed by atoms with Crippen LogP contribution in [-0.4, -0.2) is 25.4 Å². The number of hydrogen-bond donors (Lipinski definition) is 0. The normalized spacial score (nSPS) is 27.1. The largest absolute Gasteiger partial charge is 0.502 e. The summed E-state index contributed by atoms with van der Waals surface area (Å²) in [4.78, 5) is 0. The fourth-order valence-electron chi connectivity index (χ4n) is 1.09. The maximum atomic E-state index is 5.62. The van der Waals surface area contributed by atoms with E-state index in [0.29, 0.717) is 6.61 Å². The summed E-state index contributed by atoms with van der Waals surface area (Å²) in [6.07, 6.45) is 1.74. The first-order valence-corrected chi connectivity index (χ1v) is 4.68. The summed E-state index contributed by atoms with van der Waals surface area (Å²) in [6, 6.07) is 0. The molecule has 1 heterocycles. The van der Waals surface area contributed by atoms with E-state index < -0.39 is 0 Å². The molecule has 0 amide bonds. The van der Waals surface area contributed by atoms with Gasteiger partial charge in [0, 0.05) is 0 Å². The second-order valence-electron chi connectivity index (χ2n) is 3.65. The number of rotatable bonds is 3. The summed E-state index contributed by atoms with van der Waals surface area (Å²) < 4.78 is 16.2. The number of ether oxygens (including phenoxy) is 1. The highest BCUT2D eigenvalue weighted by Gasteiger charge is 2.41. The monoisotopic (exact) mass is 184 g/mol. The zero-order valence-electron chi connectivity index (χ0n) is 8.74. The minimum atomic E-state index is -0.267. The lowest BCUT2D eigenvalue weighted by atomic mass is 9.91. The topological polar surface area (TPSA) is 27.7 Å². The molecule has 1 aliphatic rings. The fraction of sp³-hybridized carbons (Fsp3) is 0.778. The molecular weight excluding hydrogens is 167 g/mol. The summed E-state index contributed by atoms with van der Waals surface area (Å²) >= 11 is 0. The van der Waals surface area contributed by atoms with Crippen molar-refractivity contribution >= 4 is 7.12 Å². The van der Waals surface area contributed by atoms with E-state index in [1.807, 2.05) is 27.7 Å². The average Bonchev–Trinajstić information content (AvgIpc) is 2.27. The van der Waals surface area contributed by atoms with Gasteiger partial charge in [-0.05, 0) is 33.7 Å². The molecule has 1 aliphatic heterocycles. The van der Waals surface area contributed by atoms with Gasteiger partial charge in [-0.1, -0.05) is 0 Å². The van der Waals surface area contributed by atoms with E-state index in [4.69, 9.17) is 14.0 Å². The van der Waals surface area contributed by atoms with E-state index in [2.05, 4.69) is 0 Å². The van der Waals surface area contributed by atoms with E-state index in [-0.39, 0.29) is 18.8 Å². The van der Waals surface area contributed by atoms with E-state index in [9.17, 15) is 0 Å². The van der Waals surface area contributed by atoms with Crippen molar-refractivity contribution in [3.63, 3.8) is 0 Å². The number of hydrogen-bond acceptors (Lipinski definition) is 3. The highest BCUT2D eigenvalue weighted by Crippen LogP contribution is 2.27. The van der Waals surface area contributed by atoms with Crippen molar-refractivity contribution in [3.8, 4) is 0 Å². The zero-order chi connectivity index (χ0) is 9.90. The molecule has 0 N–H and O–H groups in total. The lowest BCUT2D eigenvalue weighted by Gasteiger charge is -2.21. The molecular formula is C9H17BO3. The maximum Gasteiger partial charge on any atom is 0.490 e. The quantitative estimate of drug-likeness (QED) is 0.494. The Bertz CT molecular complexity index is 191. The third-order valence-corrected chi connectivity index (χ3v) is 2.24.